The molecule has 0 aromatic heterocycles. The number of hydrogen-bond acceptors (Lipinski definition) is 3. The molecule has 1 unspecified atom stereocenters. The first kappa shape index (κ1) is 14.6. The SMILES string of the molecule is CNC(=O)C1CNCCN1Cc1c(Cl)cccc1Cl. The normalized spacial score (nSPS) is 20.3. The molecule has 1 aliphatic heterocycles. The molecule has 1 atom stereocenters. The third-order valence-corrected chi connectivity index (χ3v) is 4.03. The molecule has 104 valence electrons. The summed E-state index contributed by atoms with van der Waals surface area (Å²) in [5, 5.41) is 7.20. The fraction of sp³-hybridized carbons (Fsp3) is 0.462. The van der Waals surface area contributed by atoms with E-state index in [1.54, 1.807) is 7.05 Å². The highest BCUT2D eigenvalue weighted by Gasteiger charge is 2.28. The standard InChI is InChI=1S/C13H17Cl2N3O/c1-16-13(19)12-7-17-5-6-18(12)8-9-10(14)3-2-4-11(9)15/h2-4,12,17H,5-8H2,1H3,(H,16,19). The van der Waals surface area contributed by atoms with E-state index < -0.39 is 0 Å². The van der Waals surface area contributed by atoms with Crippen molar-refractivity contribution in [3.63, 3.8) is 0 Å². The van der Waals surface area contributed by atoms with Crippen LogP contribution in [0.5, 0.6) is 0 Å². The number of benzene rings is 1. The maximum Gasteiger partial charge on any atom is 0.238 e. The largest absolute Gasteiger partial charge is 0.358 e. The van der Waals surface area contributed by atoms with Gasteiger partial charge < -0.3 is 10.6 Å². The molecule has 0 spiro atoms. The topological polar surface area (TPSA) is 44.4 Å². The highest BCUT2D eigenvalue weighted by atomic mass is 35.5. The molecule has 4 nitrogen and oxygen atoms in total. The number of hydrogen-bond donors (Lipinski definition) is 2. The second-order valence-corrected chi connectivity index (χ2v) is 5.32. The molecule has 1 aromatic rings. The van der Waals surface area contributed by atoms with Crippen molar-refractivity contribution < 1.29 is 4.79 Å². The van der Waals surface area contributed by atoms with Crippen LogP contribution in [0.2, 0.25) is 10.0 Å². The first-order chi connectivity index (χ1) is 9.13. The molecular weight excluding hydrogens is 285 g/mol. The van der Waals surface area contributed by atoms with Crippen LogP contribution in [0.25, 0.3) is 0 Å². The Labute approximate surface area is 123 Å². The number of nitrogens with zero attached hydrogens (tertiary/aromatic N) is 1. The zero-order chi connectivity index (χ0) is 13.8. The lowest BCUT2D eigenvalue weighted by Crippen LogP contribution is -2.56. The average molecular weight is 302 g/mol. The van der Waals surface area contributed by atoms with Crippen molar-refractivity contribution in [3.05, 3.63) is 33.8 Å². The van der Waals surface area contributed by atoms with Gasteiger partial charge in [0.05, 0.1) is 0 Å². The van der Waals surface area contributed by atoms with E-state index in [1.165, 1.54) is 0 Å². The highest BCUT2D eigenvalue weighted by Crippen LogP contribution is 2.26. The van der Waals surface area contributed by atoms with Crippen LogP contribution in [0.3, 0.4) is 0 Å². The number of carbonyl (C=O) groups is 1. The molecule has 0 bridgehead atoms. The Hall–Kier alpha value is -0.810. The van der Waals surface area contributed by atoms with Crippen LogP contribution < -0.4 is 10.6 Å². The number of likely N-dealkylation sites (N-methyl/N-ethyl adjacent to an activating group) is 1. The van der Waals surface area contributed by atoms with Crippen molar-refractivity contribution in [2.45, 2.75) is 12.6 Å². The second-order valence-electron chi connectivity index (χ2n) is 4.50. The maximum atomic E-state index is 11.9. The van der Waals surface area contributed by atoms with Crippen LogP contribution in [0.4, 0.5) is 0 Å². The van der Waals surface area contributed by atoms with Gasteiger partial charge in [-0.2, -0.15) is 0 Å². The summed E-state index contributed by atoms with van der Waals surface area (Å²) in [5.41, 5.74) is 0.877. The van der Waals surface area contributed by atoms with Gasteiger partial charge in [-0.05, 0) is 12.1 Å². The van der Waals surface area contributed by atoms with Gasteiger partial charge in [-0.1, -0.05) is 29.3 Å². The third kappa shape index (κ3) is 3.39. The van der Waals surface area contributed by atoms with Gasteiger partial charge in [-0.3, -0.25) is 9.69 Å². The van der Waals surface area contributed by atoms with Gasteiger partial charge in [0.15, 0.2) is 0 Å². The molecule has 1 heterocycles. The summed E-state index contributed by atoms with van der Waals surface area (Å²) >= 11 is 12.4. The van der Waals surface area contributed by atoms with E-state index in [9.17, 15) is 4.79 Å². The molecule has 1 fully saturated rings. The van der Waals surface area contributed by atoms with Crippen LogP contribution in [0, 0.1) is 0 Å². The smallest absolute Gasteiger partial charge is 0.238 e. The van der Waals surface area contributed by atoms with E-state index in [1.807, 2.05) is 18.2 Å². The Morgan fingerprint density at radius 2 is 2.16 bits per heavy atom. The number of halogens is 2. The Morgan fingerprint density at radius 3 is 2.79 bits per heavy atom. The molecule has 0 radical (unpaired) electrons. The van der Waals surface area contributed by atoms with E-state index in [2.05, 4.69) is 15.5 Å². The summed E-state index contributed by atoms with van der Waals surface area (Å²) in [7, 11) is 1.65. The Bertz CT molecular complexity index is 447. The minimum Gasteiger partial charge on any atom is -0.358 e. The van der Waals surface area contributed by atoms with Gasteiger partial charge in [0.25, 0.3) is 0 Å². The molecule has 0 saturated carbocycles. The number of carbonyl (C=O) groups excluding carboxylic acids is 1. The molecule has 1 aromatic carbocycles. The first-order valence-electron chi connectivity index (χ1n) is 6.22. The molecule has 1 aliphatic rings. The predicted octanol–water partition coefficient (Wildman–Crippen LogP) is 1.51. The summed E-state index contributed by atoms with van der Waals surface area (Å²) in [5.74, 6) is 0.00961. The fourth-order valence-electron chi connectivity index (χ4n) is 2.25. The molecule has 1 saturated heterocycles. The molecule has 2 N–H and O–H groups in total. The summed E-state index contributed by atoms with van der Waals surface area (Å²) in [6.07, 6.45) is 0. The van der Waals surface area contributed by atoms with Gasteiger partial charge >= 0.3 is 0 Å². The van der Waals surface area contributed by atoms with Crippen molar-refractivity contribution in [2.24, 2.45) is 0 Å². The van der Waals surface area contributed by atoms with E-state index in [0.717, 1.165) is 18.7 Å². The van der Waals surface area contributed by atoms with Crippen molar-refractivity contribution >= 4 is 29.1 Å². The van der Waals surface area contributed by atoms with Crippen molar-refractivity contribution in [2.75, 3.05) is 26.7 Å². The van der Waals surface area contributed by atoms with Gasteiger partial charge in [-0.15, -0.1) is 0 Å². The molecular formula is C13H17Cl2N3O. The molecule has 1 amide bonds. The Kier molecular flexibility index (Phi) is 5.05. The van der Waals surface area contributed by atoms with E-state index in [0.29, 0.717) is 23.1 Å². The van der Waals surface area contributed by atoms with Crippen LogP contribution in [0.1, 0.15) is 5.56 Å². The zero-order valence-corrected chi connectivity index (χ0v) is 12.3. The van der Waals surface area contributed by atoms with Crippen LogP contribution in [-0.2, 0) is 11.3 Å². The third-order valence-electron chi connectivity index (χ3n) is 3.33. The number of amides is 1. The van der Waals surface area contributed by atoms with Gasteiger partial charge in [0.1, 0.15) is 6.04 Å². The van der Waals surface area contributed by atoms with Gasteiger partial charge in [0.2, 0.25) is 5.91 Å². The molecule has 0 aliphatic carbocycles. The van der Waals surface area contributed by atoms with Crippen LogP contribution >= 0.6 is 23.2 Å². The first-order valence-corrected chi connectivity index (χ1v) is 6.98. The number of piperazine rings is 1. The summed E-state index contributed by atoms with van der Waals surface area (Å²) in [6, 6.07) is 5.27. The lowest BCUT2D eigenvalue weighted by molar-refractivity contribution is -0.126. The Balaban J connectivity index is 2.18. The molecule has 6 heteroatoms. The molecule has 2 rings (SSSR count). The predicted molar refractivity (Wildman–Crippen MR) is 77.6 cm³/mol. The highest BCUT2D eigenvalue weighted by molar-refractivity contribution is 6.35. The van der Waals surface area contributed by atoms with Crippen molar-refractivity contribution in [3.8, 4) is 0 Å². The lowest BCUT2D eigenvalue weighted by atomic mass is 10.1. The van der Waals surface area contributed by atoms with Crippen LogP contribution in [-0.4, -0.2) is 43.5 Å². The minimum absolute atomic E-state index is 0.00961. The summed E-state index contributed by atoms with van der Waals surface area (Å²) in [4.78, 5) is 14.0. The second kappa shape index (κ2) is 6.57. The van der Waals surface area contributed by atoms with Crippen LogP contribution in [0.15, 0.2) is 18.2 Å². The zero-order valence-electron chi connectivity index (χ0n) is 10.7. The summed E-state index contributed by atoms with van der Waals surface area (Å²) in [6.45, 7) is 2.87. The van der Waals surface area contributed by atoms with E-state index in [4.69, 9.17) is 23.2 Å². The molecule has 19 heavy (non-hydrogen) atoms. The quantitative estimate of drug-likeness (QED) is 0.889. The minimum atomic E-state index is -0.189. The maximum absolute atomic E-state index is 11.9. The monoisotopic (exact) mass is 301 g/mol. The van der Waals surface area contributed by atoms with Gasteiger partial charge in [0, 0.05) is 48.8 Å². The van der Waals surface area contributed by atoms with Gasteiger partial charge in [-0.25, -0.2) is 0 Å². The number of nitrogens with one attached hydrogen (secondary N) is 2. The van der Waals surface area contributed by atoms with Crippen molar-refractivity contribution in [1.29, 1.82) is 0 Å². The lowest BCUT2D eigenvalue weighted by Gasteiger charge is -2.35. The fourth-order valence-corrected chi connectivity index (χ4v) is 2.76. The summed E-state index contributed by atoms with van der Waals surface area (Å²) < 4.78 is 0. The number of rotatable bonds is 3. The van der Waals surface area contributed by atoms with E-state index >= 15 is 0 Å². The Morgan fingerprint density at radius 1 is 1.47 bits per heavy atom. The van der Waals surface area contributed by atoms with Crippen molar-refractivity contribution in [1.82, 2.24) is 15.5 Å². The van der Waals surface area contributed by atoms with E-state index in [-0.39, 0.29) is 11.9 Å². The average Bonchev–Trinajstić information content (AvgIpc) is 2.42.